The van der Waals surface area contributed by atoms with Crippen LogP contribution in [0.2, 0.25) is 0 Å². The normalized spacial score (nSPS) is 11.7. The summed E-state index contributed by atoms with van der Waals surface area (Å²) in [6.07, 6.45) is 4.38. The largest absolute Gasteiger partial charge is 0.475 e. The number of nitrogens with one attached hydrogen (secondary N) is 2. The summed E-state index contributed by atoms with van der Waals surface area (Å²) in [6, 6.07) is 3.98. The number of hydrogen-bond acceptors (Lipinski definition) is 5. The molecule has 6 heteroatoms. The molecule has 140 valence electrons. The lowest BCUT2D eigenvalue weighted by Gasteiger charge is -2.21. The summed E-state index contributed by atoms with van der Waals surface area (Å²) in [7, 11) is 1.87. The first kappa shape index (κ1) is 19.7. The van der Waals surface area contributed by atoms with Gasteiger partial charge in [-0.3, -0.25) is 0 Å². The van der Waals surface area contributed by atoms with Gasteiger partial charge in [0, 0.05) is 41.8 Å². The van der Waals surface area contributed by atoms with Crippen molar-refractivity contribution in [1.82, 2.24) is 15.3 Å². The number of rotatable bonds is 9. The van der Waals surface area contributed by atoms with E-state index in [9.17, 15) is 4.39 Å². The first-order chi connectivity index (χ1) is 12.5. The minimum atomic E-state index is -0.527. The van der Waals surface area contributed by atoms with Gasteiger partial charge >= 0.3 is 0 Å². The summed E-state index contributed by atoms with van der Waals surface area (Å²) < 4.78 is 17.5. The van der Waals surface area contributed by atoms with Crippen molar-refractivity contribution in [2.24, 2.45) is 0 Å². The average molecular weight is 358 g/mol. The van der Waals surface area contributed by atoms with Crippen LogP contribution in [-0.4, -0.2) is 30.3 Å². The second-order valence-electron chi connectivity index (χ2n) is 6.06. The highest BCUT2D eigenvalue weighted by Gasteiger charge is 2.14. The van der Waals surface area contributed by atoms with E-state index in [4.69, 9.17) is 4.74 Å². The van der Waals surface area contributed by atoms with Gasteiger partial charge in [-0.05, 0) is 38.0 Å². The quantitative estimate of drug-likeness (QED) is 0.708. The number of halogens is 1. The molecule has 0 aliphatic heterocycles. The topological polar surface area (TPSA) is 59.1 Å². The summed E-state index contributed by atoms with van der Waals surface area (Å²) in [5, 5.41) is 6.56. The number of hydrogen-bond donors (Lipinski definition) is 2. The third kappa shape index (κ3) is 4.50. The fourth-order valence-corrected chi connectivity index (χ4v) is 2.88. The van der Waals surface area contributed by atoms with Crippen LogP contribution in [0, 0.1) is 6.92 Å². The molecule has 0 fully saturated rings. The number of aromatic nitrogens is 2. The molecular weight excluding hydrogens is 331 g/mol. The molecule has 0 saturated carbocycles. The fourth-order valence-electron chi connectivity index (χ4n) is 2.88. The van der Waals surface area contributed by atoms with Gasteiger partial charge in [0.25, 0.3) is 0 Å². The molecule has 2 aromatic rings. The van der Waals surface area contributed by atoms with Gasteiger partial charge in [0.1, 0.15) is 19.1 Å². The zero-order valence-corrected chi connectivity index (χ0v) is 15.9. The Labute approximate surface area is 154 Å². The molecule has 1 unspecified atom stereocenters. The molecule has 0 saturated heterocycles. The van der Waals surface area contributed by atoms with Crippen LogP contribution in [0.5, 0.6) is 5.88 Å². The molecule has 0 bridgehead atoms. The highest BCUT2D eigenvalue weighted by atomic mass is 19.1. The Kier molecular flexibility index (Phi) is 6.95. The van der Waals surface area contributed by atoms with Crippen molar-refractivity contribution in [3.8, 4) is 5.88 Å². The summed E-state index contributed by atoms with van der Waals surface area (Å²) in [4.78, 5) is 8.66. The van der Waals surface area contributed by atoms with Gasteiger partial charge < -0.3 is 15.4 Å². The van der Waals surface area contributed by atoms with Gasteiger partial charge in [-0.15, -0.1) is 0 Å². The minimum absolute atomic E-state index is 0.0137. The average Bonchev–Trinajstić information content (AvgIpc) is 2.65. The van der Waals surface area contributed by atoms with E-state index in [1.54, 1.807) is 12.4 Å². The maximum Gasteiger partial charge on any atom is 0.216 e. The third-order valence-electron chi connectivity index (χ3n) is 4.23. The Morgan fingerprint density at radius 1 is 1.38 bits per heavy atom. The lowest BCUT2D eigenvalue weighted by Crippen LogP contribution is -2.18. The fraction of sp³-hybridized carbons (Fsp3) is 0.400. The van der Waals surface area contributed by atoms with Crippen LogP contribution < -0.4 is 15.4 Å². The van der Waals surface area contributed by atoms with Gasteiger partial charge in [0.2, 0.25) is 5.88 Å². The monoisotopic (exact) mass is 358 g/mol. The molecule has 0 aromatic carbocycles. The van der Waals surface area contributed by atoms with E-state index in [0.29, 0.717) is 5.88 Å². The number of nitrogens with zero attached hydrogens (tertiary/aromatic N) is 2. The Balaban J connectivity index is 2.16. The SMILES string of the molecule is C=C(NC(C)c1cnc(OCCF)c(C)c1)c1ccnc(NC)c1CC. The number of anilines is 1. The van der Waals surface area contributed by atoms with E-state index in [-0.39, 0.29) is 12.6 Å². The zero-order chi connectivity index (χ0) is 19.1. The molecule has 2 N–H and O–H groups in total. The van der Waals surface area contributed by atoms with Crippen molar-refractivity contribution in [3.63, 3.8) is 0 Å². The van der Waals surface area contributed by atoms with Gasteiger partial charge in [-0.25, -0.2) is 14.4 Å². The molecule has 2 heterocycles. The van der Waals surface area contributed by atoms with E-state index in [0.717, 1.165) is 40.2 Å². The predicted molar refractivity (Wildman–Crippen MR) is 104 cm³/mol. The Hall–Kier alpha value is -2.63. The summed E-state index contributed by atoms with van der Waals surface area (Å²) in [5.74, 6) is 1.34. The first-order valence-corrected chi connectivity index (χ1v) is 8.78. The van der Waals surface area contributed by atoms with Crippen LogP contribution in [0.25, 0.3) is 5.70 Å². The minimum Gasteiger partial charge on any atom is -0.475 e. The molecule has 0 radical (unpaired) electrons. The Bertz CT molecular complexity index is 763. The molecule has 26 heavy (non-hydrogen) atoms. The molecule has 0 spiro atoms. The summed E-state index contributed by atoms with van der Waals surface area (Å²) in [5.41, 5.74) is 4.90. The summed E-state index contributed by atoms with van der Waals surface area (Å²) in [6.45, 7) is 9.75. The van der Waals surface area contributed by atoms with Crippen LogP contribution in [-0.2, 0) is 6.42 Å². The van der Waals surface area contributed by atoms with Gasteiger partial charge in [0.15, 0.2) is 0 Å². The number of aryl methyl sites for hydroxylation is 1. The maximum atomic E-state index is 12.3. The smallest absolute Gasteiger partial charge is 0.216 e. The second kappa shape index (κ2) is 9.17. The van der Waals surface area contributed by atoms with Crippen LogP contribution in [0.15, 0.2) is 31.1 Å². The van der Waals surface area contributed by atoms with E-state index in [1.165, 1.54) is 0 Å². The van der Waals surface area contributed by atoms with Gasteiger partial charge in [0.05, 0.1) is 6.04 Å². The Morgan fingerprint density at radius 3 is 2.77 bits per heavy atom. The van der Waals surface area contributed by atoms with E-state index in [1.807, 2.05) is 26.1 Å². The van der Waals surface area contributed by atoms with Crippen molar-refractivity contribution >= 4 is 11.5 Å². The van der Waals surface area contributed by atoms with Crippen molar-refractivity contribution in [3.05, 3.63) is 53.4 Å². The van der Waals surface area contributed by atoms with Gasteiger partial charge in [-0.2, -0.15) is 0 Å². The lowest BCUT2D eigenvalue weighted by atomic mass is 10.0. The first-order valence-electron chi connectivity index (χ1n) is 8.78. The molecule has 0 amide bonds. The molecule has 5 nitrogen and oxygen atoms in total. The molecule has 2 aromatic heterocycles. The van der Waals surface area contributed by atoms with Crippen molar-refractivity contribution in [2.45, 2.75) is 33.2 Å². The number of ether oxygens (including phenoxy) is 1. The van der Waals surface area contributed by atoms with E-state index < -0.39 is 6.67 Å². The highest BCUT2D eigenvalue weighted by molar-refractivity contribution is 5.69. The highest BCUT2D eigenvalue weighted by Crippen LogP contribution is 2.26. The molecule has 0 aliphatic rings. The molecule has 0 aliphatic carbocycles. The zero-order valence-electron chi connectivity index (χ0n) is 15.9. The molecular formula is C20H27FN4O. The predicted octanol–water partition coefficient (Wildman–Crippen LogP) is 4.06. The van der Waals surface area contributed by atoms with Crippen LogP contribution >= 0.6 is 0 Å². The molecule has 2 rings (SSSR count). The molecule has 1 atom stereocenters. The van der Waals surface area contributed by atoms with Crippen molar-refractivity contribution in [2.75, 3.05) is 25.6 Å². The van der Waals surface area contributed by atoms with Crippen LogP contribution in [0.1, 0.15) is 42.1 Å². The van der Waals surface area contributed by atoms with E-state index in [2.05, 4.69) is 41.0 Å². The van der Waals surface area contributed by atoms with Crippen molar-refractivity contribution < 1.29 is 9.13 Å². The number of alkyl halides is 1. The van der Waals surface area contributed by atoms with Crippen molar-refractivity contribution in [1.29, 1.82) is 0 Å². The maximum absolute atomic E-state index is 12.3. The number of pyridine rings is 2. The third-order valence-corrected chi connectivity index (χ3v) is 4.23. The van der Waals surface area contributed by atoms with E-state index >= 15 is 0 Å². The van der Waals surface area contributed by atoms with Crippen LogP contribution in [0.4, 0.5) is 10.2 Å². The summed E-state index contributed by atoms with van der Waals surface area (Å²) >= 11 is 0. The van der Waals surface area contributed by atoms with Crippen LogP contribution in [0.3, 0.4) is 0 Å². The van der Waals surface area contributed by atoms with Gasteiger partial charge in [-0.1, -0.05) is 13.5 Å². The standard InChI is InChI=1S/C20H27FN4O/c1-6-17-18(7-9-23-19(17)22-5)15(4)25-14(3)16-11-13(2)20(24-12-16)26-10-8-21/h7,9,11-12,14,25H,4,6,8,10H2,1-3,5H3,(H,22,23). The second-order valence-corrected chi connectivity index (χ2v) is 6.06. The lowest BCUT2D eigenvalue weighted by molar-refractivity contribution is 0.262. The Morgan fingerprint density at radius 2 is 2.15 bits per heavy atom.